The number of halogens is 2. The zero-order valence-electron chi connectivity index (χ0n) is 11.0. The normalized spacial score (nSPS) is 10.2. The lowest BCUT2D eigenvalue weighted by Gasteiger charge is -2.08. The third-order valence-electron chi connectivity index (χ3n) is 2.50. The largest absolute Gasteiger partial charge is 0.434 e. The van der Waals surface area contributed by atoms with Crippen LogP contribution in [0, 0.1) is 15.9 Å². The van der Waals surface area contributed by atoms with Crippen molar-refractivity contribution in [1.29, 1.82) is 0 Å². The van der Waals surface area contributed by atoms with Gasteiger partial charge in [-0.25, -0.2) is 4.39 Å². The lowest BCUT2D eigenvalue weighted by atomic mass is 10.3. The molecular formula is C13H11BrFN3O3. The number of aromatic nitrogens is 1. The van der Waals surface area contributed by atoms with Crippen molar-refractivity contribution >= 4 is 27.4 Å². The molecule has 1 heterocycles. The maximum Gasteiger partial charge on any atom is 0.331 e. The summed E-state index contributed by atoms with van der Waals surface area (Å²) >= 11 is 3.02. The molecule has 0 aliphatic heterocycles. The summed E-state index contributed by atoms with van der Waals surface area (Å²) < 4.78 is 18.8. The predicted octanol–water partition coefficient (Wildman–Crippen LogP) is 4.12. The highest BCUT2D eigenvalue weighted by Gasteiger charge is 2.18. The minimum atomic E-state index is -0.587. The van der Waals surface area contributed by atoms with Crippen molar-refractivity contribution in [3.63, 3.8) is 0 Å². The van der Waals surface area contributed by atoms with Gasteiger partial charge in [0.15, 0.2) is 0 Å². The van der Waals surface area contributed by atoms with Crippen molar-refractivity contribution in [1.82, 2.24) is 4.98 Å². The van der Waals surface area contributed by atoms with Gasteiger partial charge in [0.1, 0.15) is 17.4 Å². The molecule has 1 aromatic heterocycles. The van der Waals surface area contributed by atoms with Gasteiger partial charge in [0.05, 0.1) is 9.40 Å². The van der Waals surface area contributed by atoms with Gasteiger partial charge in [-0.15, -0.1) is 0 Å². The molecule has 21 heavy (non-hydrogen) atoms. The van der Waals surface area contributed by atoms with Crippen LogP contribution in [0.1, 0.15) is 6.92 Å². The summed E-state index contributed by atoms with van der Waals surface area (Å²) in [7, 11) is 0. The first-order chi connectivity index (χ1) is 10.0. The van der Waals surface area contributed by atoms with Crippen LogP contribution >= 0.6 is 15.9 Å². The maximum atomic E-state index is 13.2. The molecule has 0 bridgehead atoms. The zero-order chi connectivity index (χ0) is 15.4. The number of hydrogen-bond donors (Lipinski definition) is 1. The van der Waals surface area contributed by atoms with E-state index in [9.17, 15) is 14.5 Å². The Kier molecular flexibility index (Phi) is 4.69. The Morgan fingerprint density at radius 2 is 2.19 bits per heavy atom. The summed E-state index contributed by atoms with van der Waals surface area (Å²) in [5.74, 6) is 0.0926. The minimum Gasteiger partial charge on any atom is -0.434 e. The van der Waals surface area contributed by atoms with Crippen LogP contribution in [-0.2, 0) is 0 Å². The number of nitrogens with one attached hydrogen (secondary N) is 1. The highest BCUT2D eigenvalue weighted by Crippen LogP contribution is 2.32. The third kappa shape index (κ3) is 3.66. The van der Waals surface area contributed by atoms with E-state index in [1.165, 1.54) is 30.3 Å². The Morgan fingerprint density at radius 3 is 2.81 bits per heavy atom. The zero-order valence-corrected chi connectivity index (χ0v) is 12.6. The number of nitro groups is 1. The third-order valence-corrected chi connectivity index (χ3v) is 3.11. The number of ether oxygens (including phenoxy) is 1. The maximum absolute atomic E-state index is 13.2. The lowest BCUT2D eigenvalue weighted by molar-refractivity contribution is -0.386. The van der Waals surface area contributed by atoms with Gasteiger partial charge in [-0.1, -0.05) is 0 Å². The van der Waals surface area contributed by atoms with Crippen LogP contribution in [0.25, 0.3) is 0 Å². The van der Waals surface area contributed by atoms with E-state index in [-0.39, 0.29) is 21.8 Å². The molecule has 0 saturated carbocycles. The first-order valence-corrected chi connectivity index (χ1v) is 6.82. The molecule has 0 aliphatic carbocycles. The summed E-state index contributed by atoms with van der Waals surface area (Å²) in [6, 6.07) is 6.74. The monoisotopic (exact) mass is 355 g/mol. The first-order valence-electron chi connectivity index (χ1n) is 6.03. The molecule has 0 spiro atoms. The second kappa shape index (κ2) is 6.49. The topological polar surface area (TPSA) is 77.3 Å². The molecule has 1 aromatic carbocycles. The number of benzene rings is 1. The molecule has 0 fully saturated rings. The van der Waals surface area contributed by atoms with Gasteiger partial charge in [-0.2, -0.15) is 4.98 Å². The van der Waals surface area contributed by atoms with Crippen LogP contribution in [0.15, 0.2) is 34.8 Å². The van der Waals surface area contributed by atoms with Crippen molar-refractivity contribution in [2.24, 2.45) is 0 Å². The molecule has 0 radical (unpaired) electrons. The van der Waals surface area contributed by atoms with Gasteiger partial charge in [0, 0.05) is 12.6 Å². The average molecular weight is 356 g/mol. The number of pyridine rings is 1. The smallest absolute Gasteiger partial charge is 0.331 e. The minimum absolute atomic E-state index is 0.156. The molecule has 0 aliphatic rings. The fraction of sp³-hybridized carbons (Fsp3) is 0.154. The molecule has 0 amide bonds. The van der Waals surface area contributed by atoms with Gasteiger partial charge in [0.2, 0.25) is 0 Å². The van der Waals surface area contributed by atoms with E-state index in [4.69, 9.17) is 4.74 Å². The summed E-state index contributed by atoms with van der Waals surface area (Å²) in [6.45, 7) is 2.49. The average Bonchev–Trinajstić information content (AvgIpc) is 2.43. The quantitative estimate of drug-likeness (QED) is 0.644. The number of hydrogen-bond acceptors (Lipinski definition) is 5. The molecule has 1 N–H and O–H groups in total. The fourth-order valence-electron chi connectivity index (χ4n) is 1.58. The van der Waals surface area contributed by atoms with E-state index in [1.807, 2.05) is 6.92 Å². The van der Waals surface area contributed by atoms with Gasteiger partial charge >= 0.3 is 11.6 Å². The highest BCUT2D eigenvalue weighted by atomic mass is 79.9. The van der Waals surface area contributed by atoms with Crippen molar-refractivity contribution in [2.45, 2.75) is 6.92 Å². The Morgan fingerprint density at radius 1 is 1.43 bits per heavy atom. The van der Waals surface area contributed by atoms with Gasteiger partial charge in [-0.05, 0) is 47.1 Å². The van der Waals surface area contributed by atoms with Crippen molar-refractivity contribution in [3.8, 4) is 11.6 Å². The Hall–Kier alpha value is -2.22. The van der Waals surface area contributed by atoms with Gasteiger partial charge in [-0.3, -0.25) is 10.1 Å². The van der Waals surface area contributed by atoms with E-state index in [0.29, 0.717) is 12.4 Å². The molecule has 2 rings (SSSR count). The van der Waals surface area contributed by atoms with Crippen LogP contribution in [0.2, 0.25) is 0 Å². The molecule has 2 aromatic rings. The number of nitrogens with zero attached hydrogens (tertiary/aromatic N) is 2. The van der Waals surface area contributed by atoms with Crippen LogP contribution in [0.3, 0.4) is 0 Å². The van der Waals surface area contributed by atoms with E-state index in [2.05, 4.69) is 26.2 Å². The summed E-state index contributed by atoms with van der Waals surface area (Å²) in [4.78, 5) is 14.5. The van der Waals surface area contributed by atoms with Crippen LogP contribution < -0.4 is 10.1 Å². The summed E-state index contributed by atoms with van der Waals surface area (Å²) in [5, 5.41) is 13.9. The van der Waals surface area contributed by atoms with Crippen molar-refractivity contribution in [3.05, 3.63) is 50.7 Å². The summed E-state index contributed by atoms with van der Waals surface area (Å²) in [5.41, 5.74) is -0.267. The molecule has 110 valence electrons. The van der Waals surface area contributed by atoms with E-state index < -0.39 is 10.7 Å². The fourth-order valence-corrected chi connectivity index (χ4v) is 1.94. The highest BCUT2D eigenvalue weighted by molar-refractivity contribution is 9.10. The Labute approximate surface area is 128 Å². The Balaban J connectivity index is 2.37. The van der Waals surface area contributed by atoms with E-state index >= 15 is 0 Å². The first kappa shape index (κ1) is 15.2. The van der Waals surface area contributed by atoms with Crippen LogP contribution in [-0.4, -0.2) is 16.5 Å². The van der Waals surface area contributed by atoms with Gasteiger partial charge < -0.3 is 10.1 Å². The van der Waals surface area contributed by atoms with Crippen LogP contribution in [0.5, 0.6) is 11.6 Å². The number of rotatable bonds is 5. The second-order valence-corrected chi connectivity index (χ2v) is 4.84. The van der Waals surface area contributed by atoms with E-state index in [1.54, 1.807) is 0 Å². The second-order valence-electron chi connectivity index (χ2n) is 3.99. The van der Waals surface area contributed by atoms with Crippen molar-refractivity contribution in [2.75, 3.05) is 11.9 Å². The molecule has 8 heteroatoms. The molecular weight excluding hydrogens is 345 g/mol. The SMILES string of the molecule is CCNc1ccc([N+](=O)[O-])c(Oc2ccc(F)c(Br)c2)n1. The standard InChI is InChI=1S/C13H11BrFN3O3/c1-2-16-12-6-5-11(18(19)20)13(17-12)21-8-3-4-10(15)9(14)7-8/h3-7H,2H2,1H3,(H,16,17). The number of anilines is 1. The summed E-state index contributed by atoms with van der Waals surface area (Å²) in [6.07, 6.45) is 0. The molecule has 0 saturated heterocycles. The molecule has 0 unspecified atom stereocenters. The molecule has 6 nitrogen and oxygen atoms in total. The van der Waals surface area contributed by atoms with Crippen molar-refractivity contribution < 1.29 is 14.1 Å². The predicted molar refractivity (Wildman–Crippen MR) is 79.2 cm³/mol. The van der Waals surface area contributed by atoms with E-state index in [0.717, 1.165) is 0 Å². The Bertz CT molecular complexity index is 682. The van der Waals surface area contributed by atoms with Crippen LogP contribution in [0.4, 0.5) is 15.9 Å². The molecule has 0 atom stereocenters. The lowest BCUT2D eigenvalue weighted by Crippen LogP contribution is -2.02. The van der Waals surface area contributed by atoms with Gasteiger partial charge in [0.25, 0.3) is 0 Å².